The van der Waals surface area contributed by atoms with E-state index in [1.54, 1.807) is 19.3 Å². The highest BCUT2D eigenvalue weighted by molar-refractivity contribution is 6.08. The molecule has 1 aromatic carbocycles. The molecule has 2 heterocycles. The summed E-state index contributed by atoms with van der Waals surface area (Å²) in [5, 5.41) is 13.2. The second kappa shape index (κ2) is 9.25. The highest BCUT2D eigenvalue weighted by Crippen LogP contribution is 2.34. The summed E-state index contributed by atoms with van der Waals surface area (Å²) in [5.74, 6) is 0.511. The van der Waals surface area contributed by atoms with Crippen molar-refractivity contribution < 1.29 is 9.18 Å². The molecule has 0 spiro atoms. The molecule has 1 aliphatic carbocycles. The van der Waals surface area contributed by atoms with E-state index in [0.29, 0.717) is 33.8 Å². The number of allylic oxidation sites excluding steroid dienone is 1. The van der Waals surface area contributed by atoms with Gasteiger partial charge in [0.1, 0.15) is 23.5 Å². The minimum absolute atomic E-state index is 0.118. The molecule has 0 bridgehead atoms. The van der Waals surface area contributed by atoms with Crippen LogP contribution in [0.15, 0.2) is 30.7 Å². The lowest BCUT2D eigenvalue weighted by Gasteiger charge is -2.11. The molecular weight excluding hydrogens is 409 g/mol. The molecule has 0 aliphatic heterocycles. The Morgan fingerprint density at radius 3 is 2.78 bits per heavy atom. The summed E-state index contributed by atoms with van der Waals surface area (Å²) in [4.78, 5) is 26.1. The maximum atomic E-state index is 14.2. The maximum absolute atomic E-state index is 14.2. The standard InChI is InChI=1S/C23H26FN7O/c1-26-12-17(10-25)16-7-14(8-18(24)9-16)11-27-23(32)19-20-21(29-13-28-19)30-22(31(20)2)15-5-3-4-6-15/h7-10,12-13,15,25-26H,3-6,11H2,1-2H3,(H,27,32)/b17-12+,25-10?. The van der Waals surface area contributed by atoms with Crippen LogP contribution in [0.3, 0.4) is 0 Å². The summed E-state index contributed by atoms with van der Waals surface area (Å²) in [6.07, 6.45) is 8.67. The van der Waals surface area contributed by atoms with Gasteiger partial charge in [-0.1, -0.05) is 12.8 Å². The summed E-state index contributed by atoms with van der Waals surface area (Å²) in [6, 6.07) is 4.46. The number of carbonyl (C=O) groups is 1. The number of benzene rings is 1. The third-order valence-electron chi connectivity index (χ3n) is 5.84. The number of halogens is 1. The van der Waals surface area contributed by atoms with E-state index in [2.05, 4.69) is 25.6 Å². The van der Waals surface area contributed by atoms with Crippen LogP contribution in [0, 0.1) is 11.2 Å². The number of aryl methyl sites for hydroxylation is 1. The summed E-state index contributed by atoms with van der Waals surface area (Å²) in [7, 11) is 3.61. The van der Waals surface area contributed by atoms with E-state index in [1.165, 1.54) is 31.3 Å². The number of imidazole rings is 1. The molecule has 166 valence electrons. The van der Waals surface area contributed by atoms with Crippen molar-refractivity contribution in [2.45, 2.75) is 38.1 Å². The van der Waals surface area contributed by atoms with Gasteiger partial charge in [0.15, 0.2) is 11.3 Å². The first kappa shape index (κ1) is 21.6. The third-order valence-corrected chi connectivity index (χ3v) is 5.84. The molecule has 0 atom stereocenters. The quantitative estimate of drug-likeness (QED) is 0.494. The maximum Gasteiger partial charge on any atom is 0.272 e. The number of nitrogens with one attached hydrogen (secondary N) is 3. The Labute approximate surface area is 185 Å². The topological polar surface area (TPSA) is 109 Å². The summed E-state index contributed by atoms with van der Waals surface area (Å²) >= 11 is 0. The number of hydrogen-bond acceptors (Lipinski definition) is 6. The van der Waals surface area contributed by atoms with Gasteiger partial charge in [-0.05, 0) is 42.2 Å². The molecule has 2 aromatic heterocycles. The predicted octanol–water partition coefficient (Wildman–Crippen LogP) is 3.30. The van der Waals surface area contributed by atoms with E-state index in [0.717, 1.165) is 24.9 Å². The van der Waals surface area contributed by atoms with Crippen LogP contribution in [0.1, 0.15) is 59.0 Å². The molecule has 0 radical (unpaired) electrons. The number of fused-ring (bicyclic) bond motifs is 1. The average molecular weight is 436 g/mol. The summed E-state index contributed by atoms with van der Waals surface area (Å²) in [6.45, 7) is 0.118. The Kier molecular flexibility index (Phi) is 6.25. The van der Waals surface area contributed by atoms with Gasteiger partial charge in [0.25, 0.3) is 5.91 Å². The van der Waals surface area contributed by atoms with Gasteiger partial charge in [0.05, 0.1) is 0 Å². The zero-order valence-corrected chi connectivity index (χ0v) is 18.2. The van der Waals surface area contributed by atoms with Crippen LogP contribution in [0.4, 0.5) is 4.39 Å². The zero-order chi connectivity index (χ0) is 22.7. The van der Waals surface area contributed by atoms with Gasteiger partial charge in [-0.15, -0.1) is 0 Å². The fraction of sp³-hybridized carbons (Fsp3) is 0.348. The second-order valence-electron chi connectivity index (χ2n) is 7.97. The lowest BCUT2D eigenvalue weighted by atomic mass is 10.0. The first-order chi connectivity index (χ1) is 15.5. The van der Waals surface area contributed by atoms with E-state index < -0.39 is 5.82 Å². The molecule has 8 nitrogen and oxygen atoms in total. The van der Waals surface area contributed by atoms with Crippen molar-refractivity contribution in [2.24, 2.45) is 7.05 Å². The molecule has 9 heteroatoms. The van der Waals surface area contributed by atoms with Crippen molar-refractivity contribution in [2.75, 3.05) is 7.05 Å². The van der Waals surface area contributed by atoms with Crippen LogP contribution < -0.4 is 10.6 Å². The largest absolute Gasteiger partial charge is 0.393 e. The minimum atomic E-state index is -0.437. The van der Waals surface area contributed by atoms with Crippen molar-refractivity contribution in [1.29, 1.82) is 5.41 Å². The molecule has 32 heavy (non-hydrogen) atoms. The lowest BCUT2D eigenvalue weighted by Crippen LogP contribution is -2.25. The molecular formula is C23H26FN7O. The van der Waals surface area contributed by atoms with Crippen molar-refractivity contribution in [1.82, 2.24) is 30.2 Å². The summed E-state index contributed by atoms with van der Waals surface area (Å²) < 4.78 is 16.1. The van der Waals surface area contributed by atoms with Gasteiger partial charge in [-0.3, -0.25) is 4.79 Å². The van der Waals surface area contributed by atoms with Crippen molar-refractivity contribution >= 4 is 28.9 Å². The molecule has 4 rings (SSSR count). The monoisotopic (exact) mass is 435 g/mol. The van der Waals surface area contributed by atoms with E-state index in [9.17, 15) is 9.18 Å². The van der Waals surface area contributed by atoms with Gasteiger partial charge >= 0.3 is 0 Å². The number of carbonyl (C=O) groups excluding carboxylic acids is 1. The van der Waals surface area contributed by atoms with Gasteiger partial charge in [0, 0.05) is 44.5 Å². The second-order valence-corrected chi connectivity index (χ2v) is 7.97. The van der Waals surface area contributed by atoms with Gasteiger partial charge < -0.3 is 20.6 Å². The predicted molar refractivity (Wildman–Crippen MR) is 121 cm³/mol. The average Bonchev–Trinajstić information content (AvgIpc) is 3.43. The normalized spacial score (nSPS) is 14.7. The van der Waals surface area contributed by atoms with Gasteiger partial charge in [0.2, 0.25) is 0 Å². The molecule has 3 aromatic rings. The van der Waals surface area contributed by atoms with E-state index >= 15 is 0 Å². The first-order valence-electron chi connectivity index (χ1n) is 10.6. The van der Waals surface area contributed by atoms with Crippen LogP contribution in [-0.4, -0.2) is 38.7 Å². The Morgan fingerprint density at radius 1 is 1.28 bits per heavy atom. The molecule has 1 saturated carbocycles. The lowest BCUT2D eigenvalue weighted by molar-refractivity contribution is 0.0947. The highest BCUT2D eigenvalue weighted by atomic mass is 19.1. The fourth-order valence-corrected chi connectivity index (χ4v) is 4.32. The van der Waals surface area contributed by atoms with Crippen molar-refractivity contribution in [3.63, 3.8) is 0 Å². The number of hydrogen-bond donors (Lipinski definition) is 3. The highest BCUT2D eigenvalue weighted by Gasteiger charge is 2.25. The van der Waals surface area contributed by atoms with Gasteiger partial charge in [-0.2, -0.15) is 0 Å². The number of amides is 1. The Balaban J connectivity index is 1.58. The molecule has 1 amide bonds. The first-order valence-corrected chi connectivity index (χ1v) is 10.6. The van der Waals surface area contributed by atoms with Crippen molar-refractivity contribution in [3.05, 3.63) is 59.2 Å². The zero-order valence-electron chi connectivity index (χ0n) is 18.2. The molecule has 3 N–H and O–H groups in total. The Morgan fingerprint density at radius 2 is 2.06 bits per heavy atom. The van der Waals surface area contributed by atoms with Crippen LogP contribution in [0.2, 0.25) is 0 Å². The summed E-state index contributed by atoms with van der Waals surface area (Å²) in [5.41, 5.74) is 3.04. The minimum Gasteiger partial charge on any atom is -0.393 e. The van der Waals surface area contributed by atoms with Crippen LogP contribution >= 0.6 is 0 Å². The molecule has 0 unspecified atom stereocenters. The molecule has 0 saturated heterocycles. The third kappa shape index (κ3) is 4.23. The van der Waals surface area contributed by atoms with E-state index in [1.807, 2.05) is 11.6 Å². The SMILES string of the molecule is CN/C=C(\C=N)c1cc(F)cc(CNC(=O)c2ncnc3nc(C4CCCC4)n(C)c23)c1. The number of nitrogens with zero attached hydrogens (tertiary/aromatic N) is 4. The van der Waals surface area contributed by atoms with Gasteiger partial charge in [-0.25, -0.2) is 19.3 Å². The van der Waals surface area contributed by atoms with Crippen LogP contribution in [-0.2, 0) is 13.6 Å². The number of rotatable bonds is 7. The Bertz CT molecular complexity index is 1190. The van der Waals surface area contributed by atoms with Crippen LogP contribution in [0.25, 0.3) is 16.7 Å². The van der Waals surface area contributed by atoms with Crippen LogP contribution in [0.5, 0.6) is 0 Å². The molecule has 1 aliphatic rings. The van der Waals surface area contributed by atoms with E-state index in [4.69, 9.17) is 5.41 Å². The van der Waals surface area contributed by atoms with Crippen molar-refractivity contribution in [3.8, 4) is 0 Å². The molecule has 1 fully saturated rings. The number of aromatic nitrogens is 4. The smallest absolute Gasteiger partial charge is 0.272 e. The fourth-order valence-electron chi connectivity index (χ4n) is 4.32. The Hall–Kier alpha value is -3.62. The van der Waals surface area contributed by atoms with E-state index in [-0.39, 0.29) is 18.1 Å².